The Morgan fingerprint density at radius 2 is 2.10 bits per heavy atom. The molecule has 2 saturated heterocycles. The smallest absolute Gasteiger partial charge is 0.332 e. The molecule has 3 aliphatic heterocycles. The van der Waals surface area contributed by atoms with E-state index in [4.69, 9.17) is 14.2 Å². The summed E-state index contributed by atoms with van der Waals surface area (Å²) in [6, 6.07) is 0.305. The average molecular weight is 419 g/mol. The standard InChI is InChI=1S/C25H25NO5/c1-29-24(30-2)21-10-11-22-25-14-19(26(21)22)12-18(20(25)13-23(28)31-25)9-8-16-4-3-5-17(15-27)7-6-16/h3-7,12-13,15,17,19,21-22,24H,10-11,14H2,1-2H3. The topological polar surface area (TPSA) is 65.1 Å². The van der Waals surface area contributed by atoms with Crippen molar-refractivity contribution < 1.29 is 23.8 Å². The molecular formula is C25H25NO5. The summed E-state index contributed by atoms with van der Waals surface area (Å²) in [5, 5.41) is 0. The van der Waals surface area contributed by atoms with Gasteiger partial charge in [0.1, 0.15) is 6.29 Å². The van der Waals surface area contributed by atoms with Crippen LogP contribution in [0.5, 0.6) is 0 Å². The number of fused-ring (bicyclic) bond motifs is 3. The lowest BCUT2D eigenvalue weighted by atomic mass is 9.77. The van der Waals surface area contributed by atoms with E-state index in [1.807, 2.05) is 30.4 Å². The number of allylic oxidation sites excluding steroid dienone is 6. The number of hydrogen-bond donors (Lipinski definition) is 0. The molecule has 2 aliphatic carbocycles. The van der Waals surface area contributed by atoms with Gasteiger partial charge < -0.3 is 19.0 Å². The van der Waals surface area contributed by atoms with Gasteiger partial charge >= 0.3 is 5.97 Å². The molecule has 0 aromatic heterocycles. The van der Waals surface area contributed by atoms with Crippen LogP contribution < -0.4 is 0 Å². The van der Waals surface area contributed by atoms with Crippen LogP contribution in [0.3, 0.4) is 0 Å². The Hall–Kier alpha value is -2.72. The van der Waals surface area contributed by atoms with Crippen LogP contribution in [0.25, 0.3) is 0 Å². The minimum Gasteiger partial charge on any atom is -0.449 e. The summed E-state index contributed by atoms with van der Waals surface area (Å²) in [5.74, 6) is 5.96. The van der Waals surface area contributed by atoms with Gasteiger partial charge in [0.15, 0.2) is 11.9 Å². The number of esters is 1. The molecule has 0 aromatic carbocycles. The molecule has 0 saturated carbocycles. The summed E-state index contributed by atoms with van der Waals surface area (Å²) in [5.41, 5.74) is 1.91. The number of carbonyl (C=O) groups excluding carboxylic acids is 2. The van der Waals surface area contributed by atoms with E-state index >= 15 is 0 Å². The molecule has 31 heavy (non-hydrogen) atoms. The molecule has 6 heteroatoms. The van der Waals surface area contributed by atoms with Crippen molar-refractivity contribution in [2.75, 3.05) is 14.2 Å². The minimum atomic E-state index is -0.641. The van der Waals surface area contributed by atoms with Crippen LogP contribution in [-0.4, -0.2) is 61.4 Å². The van der Waals surface area contributed by atoms with Crippen LogP contribution in [-0.2, 0) is 23.8 Å². The van der Waals surface area contributed by atoms with E-state index in [0.717, 1.165) is 42.3 Å². The third kappa shape index (κ3) is 3.16. The second kappa shape index (κ2) is 7.76. The van der Waals surface area contributed by atoms with Crippen LogP contribution >= 0.6 is 0 Å². The Balaban J connectivity index is 1.50. The zero-order valence-corrected chi connectivity index (χ0v) is 17.6. The summed E-state index contributed by atoms with van der Waals surface area (Å²) in [6.45, 7) is 0. The number of carbonyl (C=O) groups is 2. The average Bonchev–Trinajstić information content (AvgIpc) is 3.35. The highest BCUT2D eigenvalue weighted by molar-refractivity contribution is 5.90. The Labute approximate surface area is 181 Å². The largest absolute Gasteiger partial charge is 0.449 e. The summed E-state index contributed by atoms with van der Waals surface area (Å²) in [4.78, 5) is 25.8. The van der Waals surface area contributed by atoms with Crippen LogP contribution in [0.2, 0.25) is 0 Å². The Morgan fingerprint density at radius 1 is 1.26 bits per heavy atom. The maximum atomic E-state index is 12.4. The van der Waals surface area contributed by atoms with Crippen LogP contribution in [0, 0.1) is 17.8 Å². The van der Waals surface area contributed by atoms with Crippen molar-refractivity contribution in [2.24, 2.45) is 5.92 Å². The zero-order chi connectivity index (χ0) is 21.6. The molecule has 0 N–H and O–H groups in total. The minimum absolute atomic E-state index is 0.0943. The lowest BCUT2D eigenvalue weighted by Crippen LogP contribution is -2.48. The number of aldehydes is 1. The molecule has 5 aliphatic rings. The quantitative estimate of drug-likeness (QED) is 0.301. The van der Waals surface area contributed by atoms with E-state index in [0.29, 0.717) is 0 Å². The first kappa shape index (κ1) is 20.2. The first-order valence-corrected chi connectivity index (χ1v) is 10.6. The molecule has 5 atom stereocenters. The number of hydrogen-bond acceptors (Lipinski definition) is 6. The van der Waals surface area contributed by atoms with Gasteiger partial charge in [-0.2, -0.15) is 0 Å². The van der Waals surface area contributed by atoms with Gasteiger partial charge in [-0.25, -0.2) is 4.79 Å². The van der Waals surface area contributed by atoms with Crippen molar-refractivity contribution in [3.05, 3.63) is 59.3 Å². The van der Waals surface area contributed by atoms with Gasteiger partial charge in [0.25, 0.3) is 0 Å². The summed E-state index contributed by atoms with van der Waals surface area (Å²) in [7, 11) is 3.32. The normalized spacial score (nSPS) is 35.5. The number of methoxy groups -OCH3 is 2. The molecule has 5 unspecified atom stereocenters. The second-order valence-corrected chi connectivity index (χ2v) is 8.50. The number of rotatable bonds is 4. The molecule has 3 heterocycles. The van der Waals surface area contributed by atoms with E-state index in [9.17, 15) is 9.59 Å². The van der Waals surface area contributed by atoms with Gasteiger partial charge in [-0.1, -0.05) is 36.1 Å². The van der Waals surface area contributed by atoms with E-state index in [1.165, 1.54) is 0 Å². The first-order chi connectivity index (χ1) is 15.1. The summed E-state index contributed by atoms with van der Waals surface area (Å²) >= 11 is 0. The van der Waals surface area contributed by atoms with Crippen molar-refractivity contribution in [2.45, 2.75) is 49.3 Å². The Bertz CT molecular complexity index is 1020. The van der Waals surface area contributed by atoms with Crippen molar-refractivity contribution in [3.8, 4) is 11.8 Å². The van der Waals surface area contributed by atoms with Gasteiger partial charge in [0.2, 0.25) is 0 Å². The SMILES string of the molecule is COC(OC)C1CCC2N1C1C=C(C#CC3=CC=CC(C=O)C=C3)C3=CC(=O)OC32C1. The highest BCUT2D eigenvalue weighted by atomic mass is 16.7. The highest BCUT2D eigenvalue weighted by Crippen LogP contribution is 2.56. The van der Waals surface area contributed by atoms with Gasteiger partial charge in [-0.15, -0.1) is 0 Å². The molecule has 0 amide bonds. The highest BCUT2D eigenvalue weighted by Gasteiger charge is 2.65. The van der Waals surface area contributed by atoms with Crippen molar-refractivity contribution in [1.82, 2.24) is 4.90 Å². The van der Waals surface area contributed by atoms with Gasteiger partial charge in [0, 0.05) is 49.5 Å². The maximum absolute atomic E-state index is 12.4. The first-order valence-electron chi connectivity index (χ1n) is 10.6. The van der Waals surface area contributed by atoms with Gasteiger partial charge in [-0.05, 0) is 25.0 Å². The number of ether oxygens (including phenoxy) is 3. The molecule has 0 aromatic rings. The summed E-state index contributed by atoms with van der Waals surface area (Å²) in [6.07, 6.45) is 16.2. The predicted octanol–water partition coefficient (Wildman–Crippen LogP) is 2.24. The predicted molar refractivity (Wildman–Crippen MR) is 114 cm³/mol. The van der Waals surface area contributed by atoms with Gasteiger partial charge in [0.05, 0.1) is 18.0 Å². The van der Waals surface area contributed by atoms with Gasteiger partial charge in [-0.3, -0.25) is 4.90 Å². The zero-order valence-electron chi connectivity index (χ0n) is 17.6. The second-order valence-electron chi connectivity index (χ2n) is 8.50. The Morgan fingerprint density at radius 3 is 2.87 bits per heavy atom. The fourth-order valence-corrected chi connectivity index (χ4v) is 5.73. The molecule has 2 fully saturated rings. The lowest BCUT2D eigenvalue weighted by molar-refractivity contribution is -0.151. The van der Waals surface area contributed by atoms with Crippen LogP contribution in [0.4, 0.5) is 0 Å². The van der Waals surface area contributed by atoms with Crippen molar-refractivity contribution in [3.63, 3.8) is 0 Å². The fourth-order valence-electron chi connectivity index (χ4n) is 5.73. The van der Waals surface area contributed by atoms with E-state index < -0.39 is 5.60 Å². The van der Waals surface area contributed by atoms with Crippen LogP contribution in [0.1, 0.15) is 19.3 Å². The molecule has 2 bridgehead atoms. The van der Waals surface area contributed by atoms with Crippen LogP contribution in [0.15, 0.2) is 59.3 Å². The third-order valence-electron chi connectivity index (χ3n) is 6.95. The Kier molecular flexibility index (Phi) is 5.05. The maximum Gasteiger partial charge on any atom is 0.332 e. The summed E-state index contributed by atoms with van der Waals surface area (Å²) < 4.78 is 17.1. The van der Waals surface area contributed by atoms with Crippen molar-refractivity contribution >= 4 is 12.3 Å². The molecular weight excluding hydrogens is 394 g/mol. The number of nitrogens with zero attached hydrogens (tertiary/aromatic N) is 1. The monoisotopic (exact) mass is 419 g/mol. The van der Waals surface area contributed by atoms with Crippen molar-refractivity contribution in [1.29, 1.82) is 0 Å². The molecule has 6 nitrogen and oxygen atoms in total. The fraction of sp³-hybridized carbons (Fsp3) is 0.440. The third-order valence-corrected chi connectivity index (χ3v) is 6.95. The van der Waals surface area contributed by atoms with E-state index in [2.05, 4.69) is 22.8 Å². The van der Waals surface area contributed by atoms with E-state index in [1.54, 1.807) is 20.3 Å². The molecule has 5 rings (SSSR count). The molecule has 1 spiro atoms. The van der Waals surface area contributed by atoms with E-state index in [-0.39, 0.29) is 36.3 Å². The molecule has 160 valence electrons. The molecule has 0 radical (unpaired) electrons. The lowest BCUT2D eigenvalue weighted by Gasteiger charge is -2.33.